The Morgan fingerprint density at radius 1 is 0.500 bits per heavy atom. The van der Waals surface area contributed by atoms with E-state index in [2.05, 4.69) is 91.4 Å². The molecule has 0 saturated carbocycles. The fourth-order valence-corrected chi connectivity index (χ4v) is 5.35. The lowest BCUT2D eigenvalue weighted by molar-refractivity contribution is -0.697. The Balaban J connectivity index is 0.00000800. The highest BCUT2D eigenvalue weighted by atomic mass is 79.9. The van der Waals surface area contributed by atoms with Gasteiger partial charge >= 0.3 is 0 Å². The minimum Gasteiger partial charge on any atom is -1.00 e. The number of rotatable bonds is 24. The van der Waals surface area contributed by atoms with E-state index in [4.69, 9.17) is 0 Å². The zero-order valence-electron chi connectivity index (χ0n) is 26.4. The van der Waals surface area contributed by atoms with Gasteiger partial charge in [0.25, 0.3) is 0 Å². The van der Waals surface area contributed by atoms with Crippen LogP contribution in [0.4, 0.5) is 5.69 Å². The standard InChI is InChI=1S/C37H61N2.BrH/c1-4-5-6-7-8-9-10-11-12-13-14-15-16-17-18-19-20-21-22-23-32-39-33-30-36(31-34-39)25-24-35-26-28-37(29-27-35)38(2)3;/h24-31,33-34H,4-23,32H2,1-3H3;1H/q+1;/p-1. The van der Waals surface area contributed by atoms with Crippen LogP contribution in [0.15, 0.2) is 48.8 Å². The Bertz CT molecular complexity index is 841. The number of unbranched alkanes of at least 4 members (excludes halogenated alkanes) is 19. The van der Waals surface area contributed by atoms with E-state index < -0.39 is 0 Å². The Morgan fingerprint density at radius 3 is 1.23 bits per heavy atom. The third-order valence-electron chi connectivity index (χ3n) is 8.06. The molecule has 0 aliphatic carbocycles. The quantitative estimate of drug-likeness (QED) is 0.0859. The lowest BCUT2D eigenvalue weighted by atomic mass is 10.0. The second-order valence-corrected chi connectivity index (χ2v) is 11.9. The first kappa shape index (κ1) is 36.4. The van der Waals surface area contributed by atoms with Gasteiger partial charge in [-0.2, -0.15) is 0 Å². The van der Waals surface area contributed by atoms with Gasteiger partial charge in [-0.25, -0.2) is 4.57 Å². The van der Waals surface area contributed by atoms with Crippen LogP contribution in [-0.4, -0.2) is 14.1 Å². The van der Waals surface area contributed by atoms with E-state index >= 15 is 0 Å². The van der Waals surface area contributed by atoms with Crippen LogP contribution in [0.3, 0.4) is 0 Å². The highest BCUT2D eigenvalue weighted by Crippen LogP contribution is 2.16. The van der Waals surface area contributed by atoms with Crippen LogP contribution < -0.4 is 26.4 Å². The SMILES string of the molecule is CCCCCCCCCCCCCCCCCCCCCC[n+]1ccc(C=Cc2ccc(N(C)C)cc2)cc1.[Br-]. The minimum absolute atomic E-state index is 0. The van der Waals surface area contributed by atoms with E-state index in [1.165, 1.54) is 145 Å². The van der Waals surface area contributed by atoms with E-state index in [1.807, 2.05) is 0 Å². The summed E-state index contributed by atoms with van der Waals surface area (Å²) in [5, 5.41) is 0. The molecule has 0 aliphatic heterocycles. The van der Waals surface area contributed by atoms with E-state index in [1.54, 1.807) is 0 Å². The summed E-state index contributed by atoms with van der Waals surface area (Å²) in [5.74, 6) is 0. The van der Waals surface area contributed by atoms with Gasteiger partial charge in [0.2, 0.25) is 0 Å². The third-order valence-corrected chi connectivity index (χ3v) is 8.06. The molecule has 2 rings (SSSR count). The lowest BCUT2D eigenvalue weighted by Gasteiger charge is -2.11. The van der Waals surface area contributed by atoms with Gasteiger partial charge in [0, 0.05) is 38.3 Å². The molecule has 0 N–H and O–H groups in total. The topological polar surface area (TPSA) is 7.12 Å². The zero-order chi connectivity index (χ0) is 27.8. The molecule has 0 saturated heterocycles. The van der Waals surface area contributed by atoms with Gasteiger partial charge in [0.15, 0.2) is 12.4 Å². The number of nitrogens with zero attached hydrogens (tertiary/aromatic N) is 2. The van der Waals surface area contributed by atoms with Crippen molar-refractivity contribution in [1.82, 2.24) is 0 Å². The molecule has 1 heterocycles. The second kappa shape index (κ2) is 25.1. The monoisotopic (exact) mass is 612 g/mol. The average Bonchev–Trinajstić information content (AvgIpc) is 2.96. The Morgan fingerprint density at radius 2 is 0.850 bits per heavy atom. The summed E-state index contributed by atoms with van der Waals surface area (Å²) in [4.78, 5) is 2.13. The van der Waals surface area contributed by atoms with Crippen molar-refractivity contribution in [2.75, 3.05) is 19.0 Å². The lowest BCUT2D eigenvalue weighted by Crippen LogP contribution is -3.00. The summed E-state index contributed by atoms with van der Waals surface area (Å²) in [6.07, 6.45) is 37.6. The normalized spacial score (nSPS) is 11.2. The first-order valence-electron chi connectivity index (χ1n) is 16.6. The largest absolute Gasteiger partial charge is 1.00 e. The fraction of sp³-hybridized carbons (Fsp3) is 0.649. The van der Waals surface area contributed by atoms with Crippen LogP contribution in [-0.2, 0) is 6.54 Å². The number of halogens is 1. The molecule has 40 heavy (non-hydrogen) atoms. The second-order valence-electron chi connectivity index (χ2n) is 11.9. The summed E-state index contributed by atoms with van der Waals surface area (Å²) in [7, 11) is 4.15. The number of pyridine rings is 1. The zero-order valence-corrected chi connectivity index (χ0v) is 28.0. The molecule has 1 aromatic carbocycles. The first-order valence-corrected chi connectivity index (χ1v) is 16.6. The number of aromatic nitrogens is 1. The van der Waals surface area contributed by atoms with E-state index in [0.29, 0.717) is 0 Å². The van der Waals surface area contributed by atoms with Gasteiger partial charge in [-0.3, -0.25) is 0 Å². The molecule has 0 amide bonds. The predicted octanol–water partition coefficient (Wildman–Crippen LogP) is 8.04. The van der Waals surface area contributed by atoms with Crippen molar-refractivity contribution in [2.24, 2.45) is 0 Å². The van der Waals surface area contributed by atoms with Crippen molar-refractivity contribution in [1.29, 1.82) is 0 Å². The molecule has 2 nitrogen and oxygen atoms in total. The molecule has 0 spiro atoms. The molecular formula is C37H61BrN2. The highest BCUT2D eigenvalue weighted by Gasteiger charge is 2.01. The highest BCUT2D eigenvalue weighted by molar-refractivity contribution is 5.70. The van der Waals surface area contributed by atoms with Gasteiger partial charge in [0.05, 0.1) is 0 Å². The number of aryl methyl sites for hydroxylation is 1. The van der Waals surface area contributed by atoms with Gasteiger partial charge < -0.3 is 21.9 Å². The van der Waals surface area contributed by atoms with E-state index in [0.717, 1.165) is 6.54 Å². The van der Waals surface area contributed by atoms with Gasteiger partial charge in [-0.15, -0.1) is 0 Å². The summed E-state index contributed by atoms with van der Waals surface area (Å²) >= 11 is 0. The van der Waals surface area contributed by atoms with Crippen molar-refractivity contribution in [2.45, 2.75) is 142 Å². The molecule has 3 heteroatoms. The maximum absolute atomic E-state index is 2.33. The van der Waals surface area contributed by atoms with Gasteiger partial charge in [-0.05, 0) is 29.7 Å². The summed E-state index contributed by atoms with van der Waals surface area (Å²) < 4.78 is 2.33. The number of hydrogen-bond acceptors (Lipinski definition) is 1. The molecule has 0 unspecified atom stereocenters. The number of hydrogen-bond donors (Lipinski definition) is 0. The minimum atomic E-state index is 0. The number of anilines is 1. The van der Waals surface area contributed by atoms with Crippen molar-refractivity contribution < 1.29 is 21.5 Å². The van der Waals surface area contributed by atoms with Crippen molar-refractivity contribution in [3.8, 4) is 0 Å². The third kappa shape index (κ3) is 18.7. The molecule has 2 aromatic rings. The van der Waals surface area contributed by atoms with Crippen LogP contribution in [0.2, 0.25) is 0 Å². The predicted molar refractivity (Wildman–Crippen MR) is 174 cm³/mol. The van der Waals surface area contributed by atoms with E-state index in [9.17, 15) is 0 Å². The molecule has 0 aliphatic rings. The van der Waals surface area contributed by atoms with Crippen molar-refractivity contribution in [3.05, 3.63) is 59.9 Å². The molecular weight excluding hydrogens is 552 g/mol. The van der Waals surface area contributed by atoms with Crippen LogP contribution in [0, 0.1) is 0 Å². The van der Waals surface area contributed by atoms with Crippen LogP contribution in [0.1, 0.15) is 146 Å². The van der Waals surface area contributed by atoms with Crippen LogP contribution in [0.5, 0.6) is 0 Å². The van der Waals surface area contributed by atoms with Crippen molar-refractivity contribution >= 4 is 17.8 Å². The number of benzene rings is 1. The van der Waals surface area contributed by atoms with Crippen molar-refractivity contribution in [3.63, 3.8) is 0 Å². The van der Waals surface area contributed by atoms with Crippen LogP contribution >= 0.6 is 0 Å². The van der Waals surface area contributed by atoms with Crippen LogP contribution in [0.25, 0.3) is 12.2 Å². The fourth-order valence-electron chi connectivity index (χ4n) is 5.35. The van der Waals surface area contributed by atoms with Gasteiger partial charge in [0.1, 0.15) is 6.54 Å². The summed E-state index contributed by atoms with van der Waals surface area (Å²) in [5.41, 5.74) is 3.73. The van der Waals surface area contributed by atoms with Gasteiger partial charge in [-0.1, -0.05) is 147 Å². The summed E-state index contributed by atoms with van der Waals surface area (Å²) in [6.45, 7) is 3.44. The molecule has 0 atom stereocenters. The summed E-state index contributed by atoms with van der Waals surface area (Å²) in [6, 6.07) is 13.1. The Kier molecular flexibility index (Phi) is 22.9. The molecule has 1 aromatic heterocycles. The average molecular weight is 614 g/mol. The molecule has 0 bridgehead atoms. The first-order chi connectivity index (χ1) is 19.2. The molecule has 0 radical (unpaired) electrons. The smallest absolute Gasteiger partial charge is 0.169 e. The Hall–Kier alpha value is -1.61. The Labute approximate surface area is 259 Å². The molecule has 226 valence electrons. The maximum atomic E-state index is 2.33. The van der Waals surface area contributed by atoms with E-state index in [-0.39, 0.29) is 17.0 Å². The maximum Gasteiger partial charge on any atom is 0.169 e. The molecule has 0 fully saturated rings.